The molecule has 0 heterocycles. The quantitative estimate of drug-likeness (QED) is 0.861. The number of hydrogen-bond donors (Lipinski definition) is 2. The first-order chi connectivity index (χ1) is 8.30. The Morgan fingerprint density at radius 1 is 1.11 bits per heavy atom. The monoisotopic (exact) mass is 248 g/mol. The molecule has 0 saturated carbocycles. The van der Waals surface area contributed by atoms with Gasteiger partial charge in [-0.05, 0) is 19.1 Å². The fraction of sp³-hybridized carbons (Fsp3) is 0.429. The summed E-state index contributed by atoms with van der Waals surface area (Å²) in [5.74, 6) is -0.364. The molecule has 0 unspecified atom stereocenters. The molecule has 4 heteroatoms. The molecule has 0 radical (unpaired) electrons. The summed E-state index contributed by atoms with van der Waals surface area (Å²) in [6.07, 6.45) is 0. The SMILES string of the molecule is C[C@@H](NC(=O)C(C)(C)C)C(=O)Nc1ccccc1. The Balaban J connectivity index is 2.55. The van der Waals surface area contributed by atoms with Gasteiger partial charge in [-0.3, -0.25) is 9.59 Å². The van der Waals surface area contributed by atoms with E-state index in [9.17, 15) is 9.59 Å². The third-order valence-electron chi connectivity index (χ3n) is 2.46. The fourth-order valence-electron chi connectivity index (χ4n) is 1.25. The topological polar surface area (TPSA) is 58.2 Å². The molecular weight excluding hydrogens is 228 g/mol. The molecule has 0 spiro atoms. The summed E-state index contributed by atoms with van der Waals surface area (Å²) < 4.78 is 0. The van der Waals surface area contributed by atoms with Crippen LogP contribution in [0, 0.1) is 5.41 Å². The molecule has 0 aliphatic rings. The van der Waals surface area contributed by atoms with E-state index in [0.717, 1.165) is 5.69 Å². The standard InChI is InChI=1S/C14H20N2O2/c1-10(15-13(18)14(2,3)4)12(17)16-11-8-6-5-7-9-11/h5-10H,1-4H3,(H,15,18)(H,16,17)/t10-/m1/s1. The number of anilines is 1. The van der Waals surface area contributed by atoms with E-state index in [4.69, 9.17) is 0 Å². The fourth-order valence-corrected chi connectivity index (χ4v) is 1.25. The summed E-state index contributed by atoms with van der Waals surface area (Å²) in [6, 6.07) is 8.60. The molecule has 0 bridgehead atoms. The second-order valence-corrected chi connectivity index (χ2v) is 5.30. The van der Waals surface area contributed by atoms with E-state index < -0.39 is 11.5 Å². The van der Waals surface area contributed by atoms with Gasteiger partial charge in [0.25, 0.3) is 0 Å². The van der Waals surface area contributed by atoms with Crippen molar-refractivity contribution in [3.8, 4) is 0 Å². The zero-order valence-electron chi connectivity index (χ0n) is 11.3. The Morgan fingerprint density at radius 2 is 1.67 bits per heavy atom. The maximum Gasteiger partial charge on any atom is 0.246 e. The minimum absolute atomic E-state index is 0.141. The summed E-state index contributed by atoms with van der Waals surface area (Å²) in [7, 11) is 0. The van der Waals surface area contributed by atoms with Crippen molar-refractivity contribution in [3.05, 3.63) is 30.3 Å². The van der Waals surface area contributed by atoms with Gasteiger partial charge in [0.15, 0.2) is 0 Å². The summed E-state index contributed by atoms with van der Waals surface area (Å²) in [6.45, 7) is 7.10. The second-order valence-electron chi connectivity index (χ2n) is 5.30. The molecule has 1 aromatic rings. The number of para-hydroxylation sites is 1. The van der Waals surface area contributed by atoms with Gasteiger partial charge in [0, 0.05) is 11.1 Å². The predicted molar refractivity (Wildman–Crippen MR) is 72.1 cm³/mol. The number of rotatable bonds is 3. The van der Waals surface area contributed by atoms with E-state index in [1.54, 1.807) is 19.1 Å². The average Bonchev–Trinajstić information content (AvgIpc) is 2.28. The van der Waals surface area contributed by atoms with E-state index >= 15 is 0 Å². The molecule has 1 aromatic carbocycles. The highest BCUT2D eigenvalue weighted by Gasteiger charge is 2.24. The molecule has 98 valence electrons. The lowest BCUT2D eigenvalue weighted by Gasteiger charge is -2.21. The largest absolute Gasteiger partial charge is 0.344 e. The predicted octanol–water partition coefficient (Wildman–Crippen LogP) is 2.18. The molecule has 4 nitrogen and oxygen atoms in total. The van der Waals surface area contributed by atoms with Crippen molar-refractivity contribution in [3.63, 3.8) is 0 Å². The molecule has 18 heavy (non-hydrogen) atoms. The molecule has 2 N–H and O–H groups in total. The Morgan fingerprint density at radius 3 is 2.17 bits per heavy atom. The highest BCUT2D eigenvalue weighted by atomic mass is 16.2. The van der Waals surface area contributed by atoms with E-state index in [0.29, 0.717) is 0 Å². The molecule has 1 rings (SSSR count). The van der Waals surface area contributed by atoms with Crippen LogP contribution in [0.4, 0.5) is 5.69 Å². The number of carbonyl (C=O) groups excluding carboxylic acids is 2. The van der Waals surface area contributed by atoms with Gasteiger partial charge in [-0.1, -0.05) is 39.0 Å². The molecule has 0 saturated heterocycles. The summed E-state index contributed by atoms with van der Waals surface area (Å²) in [5.41, 5.74) is 0.223. The zero-order chi connectivity index (χ0) is 13.8. The maximum atomic E-state index is 11.8. The van der Waals surface area contributed by atoms with Gasteiger partial charge in [-0.25, -0.2) is 0 Å². The van der Waals surface area contributed by atoms with Crippen LogP contribution in [0.2, 0.25) is 0 Å². The Kier molecular flexibility index (Phi) is 4.48. The molecule has 0 fully saturated rings. The van der Waals surface area contributed by atoms with Crippen molar-refractivity contribution in [2.24, 2.45) is 5.41 Å². The lowest BCUT2D eigenvalue weighted by molar-refractivity contribution is -0.131. The summed E-state index contributed by atoms with van der Waals surface area (Å²) in [4.78, 5) is 23.6. The number of benzene rings is 1. The molecule has 0 aliphatic heterocycles. The van der Waals surface area contributed by atoms with Crippen molar-refractivity contribution >= 4 is 17.5 Å². The van der Waals surface area contributed by atoms with Crippen LogP contribution in [-0.4, -0.2) is 17.9 Å². The van der Waals surface area contributed by atoms with E-state index in [1.165, 1.54) is 0 Å². The van der Waals surface area contributed by atoms with Crippen LogP contribution in [0.1, 0.15) is 27.7 Å². The van der Waals surface area contributed by atoms with Crippen molar-refractivity contribution in [1.29, 1.82) is 0 Å². The van der Waals surface area contributed by atoms with Crippen LogP contribution >= 0.6 is 0 Å². The van der Waals surface area contributed by atoms with Gasteiger partial charge < -0.3 is 10.6 Å². The van der Waals surface area contributed by atoms with Gasteiger partial charge >= 0.3 is 0 Å². The van der Waals surface area contributed by atoms with Crippen molar-refractivity contribution in [1.82, 2.24) is 5.32 Å². The van der Waals surface area contributed by atoms with Crippen LogP contribution in [0.25, 0.3) is 0 Å². The molecule has 0 aromatic heterocycles. The molecule has 2 amide bonds. The number of nitrogens with one attached hydrogen (secondary N) is 2. The first-order valence-electron chi connectivity index (χ1n) is 5.97. The Bertz CT molecular complexity index is 421. The average molecular weight is 248 g/mol. The minimum Gasteiger partial charge on any atom is -0.344 e. The van der Waals surface area contributed by atoms with Crippen molar-refractivity contribution in [2.45, 2.75) is 33.7 Å². The van der Waals surface area contributed by atoms with Gasteiger partial charge in [-0.15, -0.1) is 0 Å². The van der Waals surface area contributed by atoms with Gasteiger partial charge in [0.1, 0.15) is 6.04 Å². The highest BCUT2D eigenvalue weighted by molar-refractivity contribution is 5.97. The van der Waals surface area contributed by atoms with Crippen LogP contribution in [0.5, 0.6) is 0 Å². The molecule has 1 atom stereocenters. The van der Waals surface area contributed by atoms with Crippen molar-refractivity contribution < 1.29 is 9.59 Å². The van der Waals surface area contributed by atoms with Crippen LogP contribution in [-0.2, 0) is 9.59 Å². The van der Waals surface area contributed by atoms with Gasteiger partial charge in [-0.2, -0.15) is 0 Å². The number of amides is 2. The third kappa shape index (κ3) is 4.20. The van der Waals surface area contributed by atoms with Crippen LogP contribution in [0.3, 0.4) is 0 Å². The third-order valence-corrected chi connectivity index (χ3v) is 2.46. The Labute approximate surface area is 108 Å². The summed E-state index contributed by atoms with van der Waals surface area (Å²) >= 11 is 0. The maximum absolute atomic E-state index is 11.8. The number of hydrogen-bond acceptors (Lipinski definition) is 2. The van der Waals surface area contributed by atoms with Crippen LogP contribution < -0.4 is 10.6 Å². The zero-order valence-corrected chi connectivity index (χ0v) is 11.3. The first-order valence-corrected chi connectivity index (χ1v) is 5.97. The lowest BCUT2D eigenvalue weighted by atomic mass is 9.95. The van der Waals surface area contributed by atoms with Crippen LogP contribution in [0.15, 0.2) is 30.3 Å². The van der Waals surface area contributed by atoms with Gasteiger partial charge in [0.05, 0.1) is 0 Å². The minimum atomic E-state index is -0.558. The van der Waals surface area contributed by atoms with E-state index in [-0.39, 0.29) is 11.8 Å². The smallest absolute Gasteiger partial charge is 0.246 e. The normalized spacial score (nSPS) is 12.7. The summed E-state index contributed by atoms with van der Waals surface area (Å²) in [5, 5.41) is 5.43. The van der Waals surface area contributed by atoms with Crippen molar-refractivity contribution in [2.75, 3.05) is 5.32 Å². The second kappa shape index (κ2) is 5.67. The highest BCUT2D eigenvalue weighted by Crippen LogP contribution is 2.13. The molecular formula is C14H20N2O2. The lowest BCUT2D eigenvalue weighted by Crippen LogP contribution is -2.46. The van der Waals surface area contributed by atoms with Gasteiger partial charge in [0.2, 0.25) is 11.8 Å². The van der Waals surface area contributed by atoms with E-state index in [2.05, 4.69) is 10.6 Å². The molecule has 0 aliphatic carbocycles. The van der Waals surface area contributed by atoms with E-state index in [1.807, 2.05) is 39.0 Å². The first kappa shape index (κ1) is 14.2. The Hall–Kier alpha value is -1.84. The number of carbonyl (C=O) groups is 2.